The predicted octanol–water partition coefficient (Wildman–Crippen LogP) is 2.45. The number of amides is 3. The van der Waals surface area contributed by atoms with Gasteiger partial charge >= 0.3 is 6.03 Å². The van der Waals surface area contributed by atoms with Gasteiger partial charge in [0.15, 0.2) is 0 Å². The molecular formula is C17H18BrN5O2. The molecule has 2 aromatic rings. The minimum atomic E-state index is -0.676. The van der Waals surface area contributed by atoms with Crippen molar-refractivity contribution in [1.29, 1.82) is 0 Å². The zero-order valence-corrected chi connectivity index (χ0v) is 15.2. The lowest BCUT2D eigenvalue weighted by atomic mass is 9.98. The standard InChI is InChI=1S/C17H18BrN5O2/c18-13-5-3-12(4-6-13)9-22-10-14(20-21-22)11-23-15(24)17(19-16(23)25)7-1-2-8-17/h3-6,10H,1-2,7-9,11H2,(H,19,25). The first-order valence-electron chi connectivity index (χ1n) is 8.33. The van der Waals surface area contributed by atoms with Gasteiger partial charge in [0.1, 0.15) is 11.2 Å². The number of halogens is 1. The highest BCUT2D eigenvalue weighted by Gasteiger charge is 2.52. The normalized spacial score (nSPS) is 19.0. The van der Waals surface area contributed by atoms with Crippen LogP contribution in [-0.4, -0.2) is 37.4 Å². The van der Waals surface area contributed by atoms with Crippen molar-refractivity contribution in [2.75, 3.05) is 0 Å². The van der Waals surface area contributed by atoms with E-state index in [-0.39, 0.29) is 18.5 Å². The van der Waals surface area contributed by atoms with E-state index in [9.17, 15) is 9.59 Å². The number of benzene rings is 1. The van der Waals surface area contributed by atoms with Crippen LogP contribution in [0.1, 0.15) is 36.9 Å². The maximum absolute atomic E-state index is 12.7. The zero-order chi connectivity index (χ0) is 17.4. The second-order valence-electron chi connectivity index (χ2n) is 6.64. The van der Waals surface area contributed by atoms with Gasteiger partial charge in [0.05, 0.1) is 19.3 Å². The Balaban J connectivity index is 1.45. The van der Waals surface area contributed by atoms with Crippen molar-refractivity contribution >= 4 is 27.9 Å². The Hall–Kier alpha value is -2.22. The molecule has 8 heteroatoms. The van der Waals surface area contributed by atoms with E-state index < -0.39 is 5.54 Å². The predicted molar refractivity (Wildman–Crippen MR) is 93.5 cm³/mol. The Morgan fingerprint density at radius 3 is 2.56 bits per heavy atom. The van der Waals surface area contributed by atoms with Crippen LogP contribution in [-0.2, 0) is 17.9 Å². The lowest BCUT2D eigenvalue weighted by Crippen LogP contribution is -2.44. The number of nitrogens with zero attached hydrogens (tertiary/aromatic N) is 4. The molecule has 25 heavy (non-hydrogen) atoms. The minimum absolute atomic E-state index is 0.127. The first-order chi connectivity index (χ1) is 12.1. The van der Waals surface area contributed by atoms with Gasteiger partial charge in [-0.1, -0.05) is 46.1 Å². The smallest absolute Gasteiger partial charge is 0.323 e. The van der Waals surface area contributed by atoms with Crippen molar-refractivity contribution < 1.29 is 9.59 Å². The fraction of sp³-hybridized carbons (Fsp3) is 0.412. The summed E-state index contributed by atoms with van der Waals surface area (Å²) in [5, 5.41) is 11.1. The third kappa shape index (κ3) is 3.06. The van der Waals surface area contributed by atoms with Gasteiger partial charge in [0.2, 0.25) is 0 Å². The molecule has 4 rings (SSSR count). The Morgan fingerprint density at radius 2 is 1.84 bits per heavy atom. The molecule has 2 fully saturated rings. The summed E-state index contributed by atoms with van der Waals surface area (Å²) in [6, 6.07) is 7.64. The Morgan fingerprint density at radius 1 is 1.12 bits per heavy atom. The molecule has 1 aromatic heterocycles. The van der Waals surface area contributed by atoms with Crippen LogP contribution < -0.4 is 5.32 Å². The van der Waals surface area contributed by atoms with E-state index in [4.69, 9.17) is 0 Å². The van der Waals surface area contributed by atoms with Gasteiger partial charge in [-0.3, -0.25) is 9.69 Å². The van der Waals surface area contributed by atoms with Gasteiger partial charge in [-0.25, -0.2) is 9.48 Å². The van der Waals surface area contributed by atoms with E-state index in [1.54, 1.807) is 10.9 Å². The zero-order valence-electron chi connectivity index (χ0n) is 13.6. The number of nitrogens with one attached hydrogen (secondary N) is 1. The van der Waals surface area contributed by atoms with Crippen molar-refractivity contribution in [3.05, 3.63) is 46.2 Å². The third-order valence-corrected chi connectivity index (χ3v) is 5.40. The van der Waals surface area contributed by atoms with Crippen LogP contribution in [0.25, 0.3) is 0 Å². The van der Waals surface area contributed by atoms with Crippen molar-refractivity contribution in [1.82, 2.24) is 25.2 Å². The number of hydrogen-bond donors (Lipinski definition) is 1. The number of urea groups is 1. The number of rotatable bonds is 4. The number of imide groups is 1. The highest BCUT2D eigenvalue weighted by molar-refractivity contribution is 9.10. The molecule has 1 aliphatic heterocycles. The Bertz CT molecular complexity index is 811. The highest BCUT2D eigenvalue weighted by atomic mass is 79.9. The number of hydrogen-bond acceptors (Lipinski definition) is 4. The Kier molecular flexibility index (Phi) is 4.07. The van der Waals surface area contributed by atoms with E-state index in [1.807, 2.05) is 24.3 Å². The van der Waals surface area contributed by atoms with Crippen LogP contribution in [0, 0.1) is 0 Å². The van der Waals surface area contributed by atoms with Crippen LogP contribution in [0.3, 0.4) is 0 Å². The van der Waals surface area contributed by atoms with Crippen molar-refractivity contribution in [2.45, 2.75) is 44.3 Å². The molecule has 1 saturated carbocycles. The fourth-order valence-corrected chi connectivity index (χ4v) is 3.83. The summed E-state index contributed by atoms with van der Waals surface area (Å²) in [4.78, 5) is 26.1. The van der Waals surface area contributed by atoms with Gasteiger partial charge in [0.25, 0.3) is 5.91 Å². The van der Waals surface area contributed by atoms with Gasteiger partial charge in [0, 0.05) is 4.47 Å². The van der Waals surface area contributed by atoms with Crippen LogP contribution in [0.2, 0.25) is 0 Å². The Labute approximate surface area is 153 Å². The second kappa shape index (κ2) is 6.25. The largest absolute Gasteiger partial charge is 0.325 e. The molecule has 1 spiro atoms. The topological polar surface area (TPSA) is 80.1 Å². The molecule has 0 bridgehead atoms. The van der Waals surface area contributed by atoms with Gasteiger partial charge < -0.3 is 5.32 Å². The van der Waals surface area contributed by atoms with Crippen LogP contribution in [0.4, 0.5) is 4.79 Å². The molecular weight excluding hydrogens is 386 g/mol. The summed E-state index contributed by atoms with van der Waals surface area (Å²) in [6.45, 7) is 0.747. The van der Waals surface area contributed by atoms with E-state index >= 15 is 0 Å². The summed E-state index contributed by atoms with van der Waals surface area (Å²) in [5.41, 5.74) is 1.03. The minimum Gasteiger partial charge on any atom is -0.323 e. The summed E-state index contributed by atoms with van der Waals surface area (Å²) in [6.07, 6.45) is 5.18. The molecule has 7 nitrogen and oxygen atoms in total. The number of carbonyl (C=O) groups is 2. The average molecular weight is 404 g/mol. The van der Waals surface area contributed by atoms with Crippen molar-refractivity contribution in [2.24, 2.45) is 0 Å². The first kappa shape index (κ1) is 16.3. The van der Waals surface area contributed by atoms with Crippen LogP contribution in [0.15, 0.2) is 34.9 Å². The first-order valence-corrected chi connectivity index (χ1v) is 9.13. The molecule has 2 heterocycles. The fourth-order valence-electron chi connectivity index (χ4n) is 3.56. The lowest BCUT2D eigenvalue weighted by Gasteiger charge is -2.19. The van der Waals surface area contributed by atoms with E-state index in [1.165, 1.54) is 4.90 Å². The quantitative estimate of drug-likeness (QED) is 0.794. The maximum atomic E-state index is 12.7. The molecule has 130 valence electrons. The molecule has 1 aliphatic carbocycles. The molecule has 0 radical (unpaired) electrons. The highest BCUT2D eigenvalue weighted by Crippen LogP contribution is 2.35. The van der Waals surface area contributed by atoms with E-state index in [2.05, 4.69) is 31.6 Å². The molecule has 0 unspecified atom stereocenters. The second-order valence-corrected chi connectivity index (χ2v) is 7.56. The molecule has 1 aromatic carbocycles. The number of aromatic nitrogens is 3. The van der Waals surface area contributed by atoms with E-state index in [0.29, 0.717) is 12.2 Å². The van der Waals surface area contributed by atoms with Crippen molar-refractivity contribution in [3.8, 4) is 0 Å². The monoisotopic (exact) mass is 403 g/mol. The lowest BCUT2D eigenvalue weighted by molar-refractivity contribution is -0.131. The summed E-state index contributed by atoms with van der Waals surface area (Å²) < 4.78 is 2.73. The molecule has 3 amide bonds. The summed E-state index contributed by atoms with van der Waals surface area (Å²) in [7, 11) is 0. The third-order valence-electron chi connectivity index (χ3n) is 4.87. The molecule has 1 saturated heterocycles. The number of carbonyl (C=O) groups excluding carboxylic acids is 2. The summed E-state index contributed by atoms with van der Waals surface area (Å²) in [5.74, 6) is -0.127. The van der Waals surface area contributed by atoms with Gasteiger partial charge in [-0.2, -0.15) is 0 Å². The van der Waals surface area contributed by atoms with Crippen LogP contribution in [0.5, 0.6) is 0 Å². The van der Waals surface area contributed by atoms with Crippen molar-refractivity contribution in [3.63, 3.8) is 0 Å². The summed E-state index contributed by atoms with van der Waals surface area (Å²) >= 11 is 3.41. The van der Waals surface area contributed by atoms with Gasteiger partial charge in [-0.05, 0) is 30.5 Å². The molecule has 1 N–H and O–H groups in total. The van der Waals surface area contributed by atoms with E-state index in [0.717, 1.165) is 35.7 Å². The van der Waals surface area contributed by atoms with Gasteiger partial charge in [-0.15, -0.1) is 5.10 Å². The maximum Gasteiger partial charge on any atom is 0.325 e. The van der Waals surface area contributed by atoms with Crippen LogP contribution >= 0.6 is 15.9 Å². The average Bonchev–Trinajstić information content (AvgIpc) is 3.29. The SMILES string of the molecule is O=C1NC2(CCCC2)C(=O)N1Cc1cn(Cc2ccc(Br)cc2)nn1. The molecule has 2 aliphatic rings. The molecule has 0 atom stereocenters.